The van der Waals surface area contributed by atoms with Gasteiger partial charge in [0.2, 0.25) is 7.59 Å². The van der Waals surface area contributed by atoms with Crippen molar-refractivity contribution in [3.63, 3.8) is 0 Å². The van der Waals surface area contributed by atoms with E-state index in [4.69, 9.17) is 104 Å². The van der Waals surface area contributed by atoms with Crippen molar-refractivity contribution in [1.29, 1.82) is 0 Å². The zero-order chi connectivity index (χ0) is 15.2. The monoisotopic (exact) mass is 445 g/mol. The molecule has 19 heavy (non-hydrogen) atoms. The maximum absolute atomic E-state index is 5.80. The van der Waals surface area contributed by atoms with E-state index < -0.39 is 17.7 Å². The maximum Gasteiger partial charge on any atom is 0.270 e. The number of alkyl halides is 9. The van der Waals surface area contributed by atoms with Crippen molar-refractivity contribution in [2.24, 2.45) is 9.98 Å². The first-order valence-electron chi connectivity index (χ1n) is 4.41. The molecule has 0 N–H and O–H groups in total. The minimum Gasteiger partial charge on any atom is -0.290 e. The highest BCUT2D eigenvalue weighted by atomic mass is 35.6. The van der Waals surface area contributed by atoms with Crippen LogP contribution in [0.5, 0.6) is 0 Å². The number of hydrogen-bond acceptors (Lipinski definition) is 3. The third-order valence-electron chi connectivity index (χ3n) is 1.90. The molecule has 1 unspecified atom stereocenters. The van der Waals surface area contributed by atoms with E-state index in [-0.39, 0.29) is 11.7 Å². The van der Waals surface area contributed by atoms with E-state index in [1.165, 1.54) is 0 Å². The molecule has 1 aliphatic rings. The Morgan fingerprint density at radius 3 is 1.68 bits per heavy atom. The summed E-state index contributed by atoms with van der Waals surface area (Å²) in [7, 11) is 0. The van der Waals surface area contributed by atoms with Crippen molar-refractivity contribution in [2.45, 2.75) is 24.6 Å². The molecule has 0 aromatic rings. The standard InChI is InChI=1S/C7H4Cl9N3/c1-2-17-3(5(8,9)10)18-4(6(11,12)13)19(2)7(14,15)16/h2H,1H3. The normalized spacial score (nSPS) is 22.2. The SMILES string of the molecule is CC1N=C(C(Cl)(Cl)Cl)N=C(C(Cl)(Cl)Cl)N1C(Cl)(Cl)Cl. The van der Waals surface area contributed by atoms with E-state index in [0.717, 1.165) is 4.90 Å². The molecule has 0 aliphatic carbocycles. The van der Waals surface area contributed by atoms with Gasteiger partial charge in [0.1, 0.15) is 6.17 Å². The van der Waals surface area contributed by atoms with Crippen LogP contribution in [0.2, 0.25) is 0 Å². The number of nitrogens with zero attached hydrogens (tertiary/aromatic N) is 3. The molecule has 0 aromatic heterocycles. The van der Waals surface area contributed by atoms with E-state index in [1.54, 1.807) is 6.92 Å². The van der Waals surface area contributed by atoms with Crippen LogP contribution >= 0.6 is 104 Å². The van der Waals surface area contributed by atoms with Gasteiger partial charge in [0.25, 0.3) is 3.92 Å². The molecular formula is C7H4Cl9N3. The smallest absolute Gasteiger partial charge is 0.270 e. The second kappa shape index (κ2) is 6.10. The molecule has 1 heterocycles. The molecule has 0 spiro atoms. The molecule has 0 saturated heterocycles. The van der Waals surface area contributed by atoms with Gasteiger partial charge in [0, 0.05) is 0 Å². The van der Waals surface area contributed by atoms with Crippen molar-refractivity contribution >= 4 is 116 Å². The van der Waals surface area contributed by atoms with Gasteiger partial charge >= 0.3 is 0 Å². The lowest BCUT2D eigenvalue weighted by molar-refractivity contribution is 0.332. The predicted octanol–water partition coefficient (Wildman–Crippen LogP) is 5.51. The molecule has 0 aromatic carbocycles. The lowest BCUT2D eigenvalue weighted by atomic mass is 10.4. The molecule has 3 nitrogen and oxygen atoms in total. The van der Waals surface area contributed by atoms with Crippen LogP contribution in [-0.2, 0) is 0 Å². The Labute approximate surface area is 154 Å². The van der Waals surface area contributed by atoms with E-state index in [9.17, 15) is 0 Å². The molecule has 0 saturated carbocycles. The second-order valence-corrected chi connectivity index (χ2v) is 10.1. The maximum atomic E-state index is 5.80. The van der Waals surface area contributed by atoms with Crippen LogP contribution in [0, 0.1) is 0 Å². The fourth-order valence-corrected chi connectivity index (χ4v) is 2.60. The molecule has 0 amide bonds. The van der Waals surface area contributed by atoms with E-state index >= 15 is 0 Å². The summed E-state index contributed by atoms with van der Waals surface area (Å²) in [6.45, 7) is 1.56. The van der Waals surface area contributed by atoms with Gasteiger partial charge in [-0.2, -0.15) is 0 Å². The van der Waals surface area contributed by atoms with Crippen molar-refractivity contribution in [3.05, 3.63) is 0 Å². The summed E-state index contributed by atoms with van der Waals surface area (Å²) in [6.07, 6.45) is -0.763. The van der Waals surface area contributed by atoms with Crippen LogP contribution in [0.4, 0.5) is 0 Å². The zero-order valence-corrected chi connectivity index (χ0v) is 15.6. The number of halogens is 9. The first-order chi connectivity index (χ1) is 8.24. The summed E-state index contributed by atoms with van der Waals surface area (Å²) in [4.78, 5) is 8.94. The molecular weight excluding hydrogens is 445 g/mol. The summed E-state index contributed by atoms with van der Waals surface area (Å²) in [5, 5.41) is 0. The topological polar surface area (TPSA) is 28.0 Å². The molecule has 1 rings (SSSR count). The Bertz CT molecular complexity index is 413. The lowest BCUT2D eigenvalue weighted by Crippen LogP contribution is -2.53. The molecule has 12 heteroatoms. The van der Waals surface area contributed by atoms with Crippen molar-refractivity contribution in [1.82, 2.24) is 4.90 Å². The number of amidine groups is 2. The zero-order valence-electron chi connectivity index (χ0n) is 8.82. The van der Waals surface area contributed by atoms with Gasteiger partial charge in [-0.25, -0.2) is 9.98 Å². The molecule has 1 atom stereocenters. The fraction of sp³-hybridized carbons (Fsp3) is 0.714. The third-order valence-corrected chi connectivity index (χ3v) is 3.46. The Hall–Kier alpha value is 1.75. The summed E-state index contributed by atoms with van der Waals surface area (Å²) >= 11 is 51.9. The quantitative estimate of drug-likeness (QED) is 0.354. The average molecular weight is 449 g/mol. The predicted molar refractivity (Wildman–Crippen MR) is 87.0 cm³/mol. The van der Waals surface area contributed by atoms with Crippen molar-refractivity contribution < 1.29 is 0 Å². The van der Waals surface area contributed by atoms with Crippen molar-refractivity contribution in [3.8, 4) is 0 Å². The van der Waals surface area contributed by atoms with Crippen molar-refractivity contribution in [2.75, 3.05) is 0 Å². The van der Waals surface area contributed by atoms with Crippen LogP contribution in [0.25, 0.3) is 0 Å². The highest BCUT2D eigenvalue weighted by molar-refractivity contribution is 6.79. The van der Waals surface area contributed by atoms with Gasteiger partial charge in [-0.3, -0.25) is 4.90 Å². The van der Waals surface area contributed by atoms with Crippen LogP contribution in [0.3, 0.4) is 0 Å². The first kappa shape index (κ1) is 18.8. The van der Waals surface area contributed by atoms with Gasteiger partial charge in [-0.1, -0.05) is 104 Å². The number of hydrogen-bond donors (Lipinski definition) is 0. The summed E-state index contributed by atoms with van der Waals surface area (Å²) in [5.74, 6) is -0.377. The van der Waals surface area contributed by atoms with E-state index in [1.807, 2.05) is 0 Å². The van der Waals surface area contributed by atoms with E-state index in [0.29, 0.717) is 0 Å². The van der Waals surface area contributed by atoms with Gasteiger partial charge in [-0.15, -0.1) is 0 Å². The minimum atomic E-state index is -1.99. The highest BCUT2D eigenvalue weighted by Gasteiger charge is 2.47. The summed E-state index contributed by atoms with van der Waals surface area (Å²) in [6, 6.07) is 0. The average Bonchev–Trinajstić information content (AvgIpc) is 2.11. The third kappa shape index (κ3) is 4.87. The largest absolute Gasteiger partial charge is 0.290 e. The molecule has 110 valence electrons. The molecule has 0 fully saturated rings. The summed E-state index contributed by atoms with van der Waals surface area (Å²) in [5.41, 5.74) is 0. The fourth-order valence-electron chi connectivity index (χ4n) is 1.26. The Kier molecular flexibility index (Phi) is 6.03. The molecule has 0 radical (unpaired) electrons. The van der Waals surface area contributed by atoms with Crippen LogP contribution in [0.1, 0.15) is 6.92 Å². The lowest BCUT2D eigenvalue weighted by Gasteiger charge is -2.40. The Morgan fingerprint density at radius 2 is 1.37 bits per heavy atom. The molecule has 0 bridgehead atoms. The summed E-state index contributed by atoms with van der Waals surface area (Å²) < 4.78 is -5.82. The second-order valence-electron chi connectivity index (χ2n) is 3.35. The van der Waals surface area contributed by atoms with Crippen LogP contribution in [0.15, 0.2) is 9.98 Å². The van der Waals surface area contributed by atoms with Gasteiger partial charge < -0.3 is 0 Å². The van der Waals surface area contributed by atoms with E-state index in [2.05, 4.69) is 9.98 Å². The molecule has 1 aliphatic heterocycles. The van der Waals surface area contributed by atoms with Gasteiger partial charge in [-0.05, 0) is 6.92 Å². The number of rotatable bonds is 0. The Morgan fingerprint density at radius 1 is 0.895 bits per heavy atom. The number of aliphatic imine (C=N–C) groups is 2. The van der Waals surface area contributed by atoms with Crippen LogP contribution < -0.4 is 0 Å². The van der Waals surface area contributed by atoms with Gasteiger partial charge in [0.15, 0.2) is 11.7 Å². The van der Waals surface area contributed by atoms with Crippen LogP contribution in [-0.4, -0.2) is 34.2 Å². The Balaban J connectivity index is 3.37. The first-order valence-corrected chi connectivity index (χ1v) is 7.81. The van der Waals surface area contributed by atoms with Gasteiger partial charge in [0.05, 0.1) is 0 Å². The minimum absolute atomic E-state index is 0.170. The highest BCUT2D eigenvalue weighted by Crippen LogP contribution is 2.42.